The summed E-state index contributed by atoms with van der Waals surface area (Å²) >= 11 is 0. The first-order valence-electron chi connectivity index (χ1n) is 7.95. The summed E-state index contributed by atoms with van der Waals surface area (Å²) in [5, 5.41) is 0. The molecule has 2 atom stereocenters. The number of carbonyl (C=O) groups is 2. The van der Waals surface area contributed by atoms with E-state index in [0.717, 1.165) is 12.7 Å². The normalized spacial score (nSPS) is 13.8. The maximum atomic E-state index is 12.2. The van der Waals surface area contributed by atoms with Gasteiger partial charge in [-0.1, -0.05) is 50.6 Å². The Morgan fingerprint density at radius 3 is 2.40 bits per heavy atom. The topological polar surface area (TPSA) is 119 Å². The minimum absolute atomic E-state index is 0.0445. The molecule has 0 radical (unpaired) electrons. The molecule has 0 fully saturated rings. The van der Waals surface area contributed by atoms with Gasteiger partial charge in [0.05, 0.1) is 13.2 Å². The van der Waals surface area contributed by atoms with E-state index in [1.807, 2.05) is 13.0 Å². The fourth-order valence-corrected chi connectivity index (χ4v) is 2.66. The highest BCUT2D eigenvalue weighted by Crippen LogP contribution is 2.11. The van der Waals surface area contributed by atoms with E-state index in [1.54, 1.807) is 31.2 Å². The van der Waals surface area contributed by atoms with E-state index in [-0.39, 0.29) is 23.2 Å². The van der Waals surface area contributed by atoms with E-state index < -0.39 is 28.2 Å². The number of hydrogen-bond donors (Lipinski definition) is 2. The Morgan fingerprint density at radius 1 is 1.28 bits per heavy atom. The second-order valence-corrected chi connectivity index (χ2v) is 7.33. The van der Waals surface area contributed by atoms with E-state index in [4.69, 9.17) is 5.73 Å². The molecule has 0 saturated carbocycles. The molecule has 25 heavy (non-hydrogen) atoms. The Kier molecular flexibility index (Phi) is 8.01. The molecule has 0 aromatic heterocycles. The number of nitrogens with zero attached hydrogens (tertiary/aromatic N) is 1. The van der Waals surface area contributed by atoms with Gasteiger partial charge in [0.25, 0.3) is 11.8 Å². The van der Waals surface area contributed by atoms with Gasteiger partial charge >= 0.3 is 10.3 Å². The Balaban J connectivity index is 2.86. The molecule has 0 heterocycles. The van der Waals surface area contributed by atoms with E-state index in [2.05, 4.69) is 9.61 Å². The molecule has 140 valence electrons. The summed E-state index contributed by atoms with van der Waals surface area (Å²) in [6.07, 6.45) is 0.842. The van der Waals surface area contributed by atoms with E-state index >= 15 is 0 Å². The highest BCUT2D eigenvalue weighted by molar-refractivity contribution is 7.84. The summed E-state index contributed by atoms with van der Waals surface area (Å²) in [6, 6.07) is 8.01. The molecule has 9 heteroatoms. The molecule has 0 aliphatic heterocycles. The van der Waals surface area contributed by atoms with Crippen LogP contribution < -0.4 is 11.2 Å². The summed E-state index contributed by atoms with van der Waals surface area (Å²) in [5.41, 5.74) is 8.71. The van der Waals surface area contributed by atoms with Crippen LogP contribution in [0, 0.1) is 5.92 Å². The van der Waals surface area contributed by atoms with Crippen molar-refractivity contribution in [1.82, 2.24) is 9.84 Å². The first-order valence-corrected chi connectivity index (χ1v) is 9.31. The van der Waals surface area contributed by atoms with Crippen molar-refractivity contribution in [2.45, 2.75) is 39.2 Å². The number of hydrogen-bond acceptors (Lipinski definition) is 6. The second-order valence-electron chi connectivity index (χ2n) is 5.77. The summed E-state index contributed by atoms with van der Waals surface area (Å²) in [4.78, 5) is 24.5. The molecule has 3 N–H and O–H groups in total. The first kappa shape index (κ1) is 21.1. The van der Waals surface area contributed by atoms with Crippen LogP contribution in [0.4, 0.5) is 0 Å². The van der Waals surface area contributed by atoms with Crippen LogP contribution in [-0.2, 0) is 30.5 Å². The van der Waals surface area contributed by atoms with Crippen molar-refractivity contribution >= 4 is 22.1 Å². The van der Waals surface area contributed by atoms with Crippen LogP contribution in [0.3, 0.4) is 0 Å². The van der Waals surface area contributed by atoms with Crippen LogP contribution in [0.15, 0.2) is 30.3 Å². The number of rotatable bonds is 8. The van der Waals surface area contributed by atoms with E-state index in [9.17, 15) is 18.0 Å². The zero-order valence-electron chi connectivity index (χ0n) is 14.6. The van der Waals surface area contributed by atoms with Crippen LogP contribution in [0.5, 0.6) is 0 Å². The molecule has 0 aliphatic carbocycles. The van der Waals surface area contributed by atoms with Crippen molar-refractivity contribution in [2.24, 2.45) is 11.7 Å². The summed E-state index contributed by atoms with van der Waals surface area (Å²) in [6.45, 7) is 3.68. The molecule has 0 saturated heterocycles. The van der Waals surface area contributed by atoms with Crippen LogP contribution >= 0.6 is 0 Å². The Labute approximate surface area is 148 Å². The van der Waals surface area contributed by atoms with Crippen LogP contribution in [0.1, 0.15) is 32.3 Å². The molecule has 8 nitrogen and oxygen atoms in total. The van der Waals surface area contributed by atoms with Gasteiger partial charge < -0.3 is 5.73 Å². The molecular weight excluding hydrogens is 346 g/mol. The van der Waals surface area contributed by atoms with Gasteiger partial charge in [0.2, 0.25) is 0 Å². The first-order chi connectivity index (χ1) is 11.7. The molecule has 0 spiro atoms. The highest BCUT2D eigenvalue weighted by atomic mass is 32.2. The van der Waals surface area contributed by atoms with E-state index in [1.165, 1.54) is 0 Å². The Hall–Kier alpha value is -1.97. The third kappa shape index (κ3) is 6.45. The quantitative estimate of drug-likeness (QED) is 0.651. The maximum absolute atomic E-state index is 12.2. The lowest BCUT2D eigenvalue weighted by Crippen LogP contribution is -2.55. The highest BCUT2D eigenvalue weighted by Gasteiger charge is 2.31. The minimum atomic E-state index is -4.42. The molecule has 1 rings (SSSR count). The second kappa shape index (κ2) is 9.50. The fraction of sp³-hybridized carbons (Fsp3) is 0.500. The molecule has 2 amide bonds. The number of benzene rings is 1. The van der Waals surface area contributed by atoms with Crippen LogP contribution in [0.25, 0.3) is 0 Å². The molecule has 1 aromatic carbocycles. The SMILES string of the molecule is CC[C@H](C)CC(=O)N(NC(=O)[C@@H](N)Cc1ccccc1)S(=O)(=O)OC. The molecule has 0 unspecified atom stereocenters. The van der Waals surface area contributed by atoms with Crippen molar-refractivity contribution in [3.05, 3.63) is 35.9 Å². The average Bonchev–Trinajstić information content (AvgIpc) is 2.59. The lowest BCUT2D eigenvalue weighted by Gasteiger charge is -2.24. The van der Waals surface area contributed by atoms with Crippen LogP contribution in [0.2, 0.25) is 0 Å². The van der Waals surface area contributed by atoms with Crippen molar-refractivity contribution in [2.75, 3.05) is 7.11 Å². The van der Waals surface area contributed by atoms with E-state index in [0.29, 0.717) is 6.42 Å². The summed E-state index contributed by atoms with van der Waals surface area (Å²) < 4.78 is 28.5. The number of nitrogens with one attached hydrogen (secondary N) is 1. The van der Waals surface area contributed by atoms with Gasteiger partial charge in [-0.15, -0.1) is 4.41 Å². The van der Waals surface area contributed by atoms with Crippen molar-refractivity contribution < 1.29 is 22.2 Å². The molecule has 1 aromatic rings. The van der Waals surface area contributed by atoms with Gasteiger partial charge in [0, 0.05) is 6.42 Å². The van der Waals surface area contributed by atoms with Crippen LogP contribution in [-0.4, -0.2) is 37.8 Å². The lowest BCUT2D eigenvalue weighted by molar-refractivity contribution is -0.137. The standard InChI is InChI=1S/C16H25N3O5S/c1-4-12(2)10-15(20)19(25(22,23)24-3)18-16(21)14(17)11-13-8-6-5-7-9-13/h5-9,12,14H,4,10-11,17H2,1-3H3,(H,18,21)/t12-,14-/m0/s1. The van der Waals surface area contributed by atoms with Crippen molar-refractivity contribution in [1.29, 1.82) is 0 Å². The van der Waals surface area contributed by atoms with Gasteiger partial charge in [-0.2, -0.15) is 8.42 Å². The Morgan fingerprint density at radius 2 is 1.88 bits per heavy atom. The lowest BCUT2D eigenvalue weighted by atomic mass is 10.1. The molecule has 0 bridgehead atoms. The Bertz CT molecular complexity index is 678. The average molecular weight is 371 g/mol. The minimum Gasteiger partial charge on any atom is -0.320 e. The van der Waals surface area contributed by atoms with Crippen molar-refractivity contribution in [3.8, 4) is 0 Å². The third-order valence-electron chi connectivity index (χ3n) is 3.73. The smallest absolute Gasteiger partial charge is 0.320 e. The fourth-order valence-electron chi connectivity index (χ4n) is 1.99. The zero-order chi connectivity index (χ0) is 19.0. The van der Waals surface area contributed by atoms with Gasteiger partial charge in [0.15, 0.2) is 0 Å². The van der Waals surface area contributed by atoms with Gasteiger partial charge in [-0.25, -0.2) is 5.43 Å². The summed E-state index contributed by atoms with van der Waals surface area (Å²) in [7, 11) is -3.51. The van der Waals surface area contributed by atoms with Gasteiger partial charge in [-0.3, -0.25) is 13.8 Å². The van der Waals surface area contributed by atoms with Gasteiger partial charge in [-0.05, 0) is 17.9 Å². The largest absolute Gasteiger partial charge is 0.382 e. The zero-order valence-corrected chi connectivity index (χ0v) is 15.5. The monoisotopic (exact) mass is 371 g/mol. The van der Waals surface area contributed by atoms with Gasteiger partial charge in [0.1, 0.15) is 0 Å². The maximum Gasteiger partial charge on any atom is 0.382 e. The number of amides is 2. The summed E-state index contributed by atoms with van der Waals surface area (Å²) in [5.74, 6) is -1.62. The number of carbonyl (C=O) groups excluding carboxylic acids is 2. The third-order valence-corrected chi connectivity index (χ3v) is 4.89. The predicted molar refractivity (Wildman–Crippen MR) is 93.1 cm³/mol. The van der Waals surface area contributed by atoms with Crippen molar-refractivity contribution in [3.63, 3.8) is 0 Å². The molecule has 0 aliphatic rings. The number of hydrazine groups is 1. The molecular formula is C16H25N3O5S. The number of nitrogens with two attached hydrogens (primary N) is 1. The predicted octanol–water partition coefficient (Wildman–Crippen LogP) is 0.744.